The van der Waals surface area contributed by atoms with Crippen LogP contribution in [0.3, 0.4) is 0 Å². The first-order chi connectivity index (χ1) is 70.8. The molecule has 4 saturated carbocycles. The Morgan fingerprint density at radius 1 is 0.271 bits per heavy atom. The minimum absolute atomic E-state index is 0.0196. The normalized spacial score (nSPS) is 19.5. The predicted molar refractivity (Wildman–Crippen MR) is 541 cm³/mol. The maximum absolute atomic E-state index is 17.6. The molecule has 144 heavy (non-hydrogen) atoms. The summed E-state index contributed by atoms with van der Waals surface area (Å²) in [6, 6.07) is 70.7. The Hall–Kier alpha value is -14.6. The summed E-state index contributed by atoms with van der Waals surface area (Å²) < 4.78 is 86.1. The van der Waals surface area contributed by atoms with Gasteiger partial charge in [0.05, 0.1) is 85.6 Å². The third-order valence-corrected chi connectivity index (χ3v) is 30.5. The molecule has 8 fully saturated rings. The molecule has 0 N–H and O–H groups in total. The maximum atomic E-state index is 17.6. The minimum Gasteiger partial charge on any atom is -0.467 e. The Morgan fingerprint density at radius 3 is 0.812 bits per heavy atom. The van der Waals surface area contributed by atoms with Gasteiger partial charge in [-0.25, -0.2) is 0 Å². The molecule has 4 aliphatic carbocycles. The summed E-state index contributed by atoms with van der Waals surface area (Å²) in [7, 11) is 0. The molecule has 15 aromatic rings. The molecule has 6 unspecified atom stereocenters. The van der Waals surface area contributed by atoms with Gasteiger partial charge in [0.15, 0.2) is 12.1 Å². The summed E-state index contributed by atoms with van der Waals surface area (Å²) >= 11 is 0. The zero-order valence-electron chi connectivity index (χ0n) is 80.1. The fraction of sp³-hybridized carbons (Fsp3) is 0.322. The van der Waals surface area contributed by atoms with Crippen molar-refractivity contribution in [2.45, 2.75) is 221 Å². The van der Waals surface area contributed by atoms with Crippen molar-refractivity contribution < 1.29 is 89.7 Å². The molecule has 0 bridgehead atoms. The highest BCUT2D eigenvalue weighted by Gasteiger charge is 2.52. The van der Waals surface area contributed by atoms with E-state index in [4.69, 9.17) is 60.9 Å². The zero-order chi connectivity index (χ0) is 96.6. The third kappa shape index (κ3) is 18.5. The molecule has 23 heteroatoms. The highest BCUT2D eigenvalue weighted by atomic mass is 16.6. The number of epoxide rings is 4. The highest BCUT2D eigenvalue weighted by Crippen LogP contribution is 2.60. The largest absolute Gasteiger partial charge is 0.467 e. The standard InChI is InChI=1S/C121H110N4O19/c126-116-96-64-102(141-85-39-37-72(38-40-85)55-73-19-13-20-74(56-73)60-92-68-134-92)108-109-103(142-86-47-41-82(42-48-86)138-89-32-14-21-75(57-89)61-93-69-135-93)65-98-107-99(119(129)125(118(98)128)115(101-36-18-54-133-101)121(131)123(80-28-9-3-10-29-80)81-30-11-4-12-31-81)67-105(144-88-51-45-84(46-52-88)140-91-34-16-23-77(59-91)63-95-71-137-95)111(113(107)109)110-104(143-87-49-43-83(44-50-87)139-90-33-15-22-76(58-90)62-94-70-136-94)66-97(106(96)112(108)110)117(127)124(116)114(100-35-17-53-132-100)120(130)122(78-24-5-1-6-25-78)79-26-7-2-8-27-79/h13-23,32-54,56-59,64-67,78-81,92-95,114-115H,1-12,24-31,55,60-63,68-71H2. The first-order valence-corrected chi connectivity index (χ1v) is 51.5. The van der Waals surface area contributed by atoms with Crippen LogP contribution in [0.4, 0.5) is 0 Å². The quantitative estimate of drug-likeness (QED) is 0.0157. The van der Waals surface area contributed by atoms with Crippen LogP contribution in [0.15, 0.2) is 264 Å². The number of hydrogen-bond acceptors (Lipinski definition) is 19. The molecule has 0 radical (unpaired) electrons. The van der Waals surface area contributed by atoms with Crippen molar-refractivity contribution in [1.29, 1.82) is 0 Å². The van der Waals surface area contributed by atoms with Crippen molar-refractivity contribution in [2.24, 2.45) is 0 Å². The topological polar surface area (TPSA) is 256 Å². The maximum Gasteiger partial charge on any atom is 0.262 e. The lowest BCUT2D eigenvalue weighted by Crippen LogP contribution is -2.55. The molecular formula is C121H110N4O19. The lowest BCUT2D eigenvalue weighted by atomic mass is 9.80. The molecule has 8 heterocycles. The average Bonchev–Trinajstić information content (AvgIpc) is 1.51. The second kappa shape index (κ2) is 38.9. The van der Waals surface area contributed by atoms with Crippen LogP contribution in [0.25, 0.3) is 43.1 Å². The number of nitrogens with zero attached hydrogens (tertiary/aromatic N) is 4. The van der Waals surface area contributed by atoms with Crippen LogP contribution in [0.1, 0.15) is 227 Å². The van der Waals surface area contributed by atoms with Crippen LogP contribution in [-0.2, 0) is 60.6 Å². The van der Waals surface area contributed by atoms with Gasteiger partial charge in [0.25, 0.3) is 35.4 Å². The van der Waals surface area contributed by atoms with E-state index < -0.39 is 47.5 Å². The molecule has 23 nitrogen and oxygen atoms in total. The van der Waals surface area contributed by atoms with Gasteiger partial charge in [-0.3, -0.25) is 38.6 Å². The number of carbonyl (C=O) groups excluding carboxylic acids is 6. The lowest BCUT2D eigenvalue weighted by molar-refractivity contribution is -0.144. The molecule has 2 aromatic heterocycles. The van der Waals surface area contributed by atoms with E-state index in [1.54, 1.807) is 121 Å². The van der Waals surface area contributed by atoms with E-state index in [1.165, 1.54) is 18.1 Å². The van der Waals surface area contributed by atoms with E-state index in [0.29, 0.717) is 66.5 Å². The van der Waals surface area contributed by atoms with E-state index in [0.717, 1.165) is 198 Å². The third-order valence-electron chi connectivity index (χ3n) is 30.5. The summed E-state index contributed by atoms with van der Waals surface area (Å²) in [5, 5.41) is 1.71. The van der Waals surface area contributed by atoms with Gasteiger partial charge < -0.3 is 70.7 Å². The summed E-state index contributed by atoms with van der Waals surface area (Å²) in [5.74, 6) is 0.576. The highest BCUT2D eigenvalue weighted by molar-refractivity contribution is 6.45. The summed E-state index contributed by atoms with van der Waals surface area (Å²) in [4.78, 5) is 110. The Morgan fingerprint density at radius 2 is 0.535 bits per heavy atom. The lowest BCUT2D eigenvalue weighted by Gasteiger charge is -2.44. The van der Waals surface area contributed by atoms with Crippen molar-refractivity contribution in [2.75, 3.05) is 26.4 Å². The van der Waals surface area contributed by atoms with Crippen molar-refractivity contribution in [3.8, 4) is 80.5 Å². The number of hydrogen-bond donors (Lipinski definition) is 0. The molecule has 13 aromatic carbocycles. The van der Waals surface area contributed by atoms with Gasteiger partial charge in [-0.1, -0.05) is 150 Å². The summed E-state index contributed by atoms with van der Waals surface area (Å²) in [6.07, 6.45) is 24.5. The van der Waals surface area contributed by atoms with Gasteiger partial charge in [-0.2, -0.15) is 0 Å². The smallest absolute Gasteiger partial charge is 0.262 e. The van der Waals surface area contributed by atoms with Crippen LogP contribution in [0.2, 0.25) is 0 Å². The number of furan rings is 2. The minimum atomic E-state index is -1.63. The number of amides is 6. The number of imide groups is 2. The van der Waals surface area contributed by atoms with Crippen LogP contribution < -0.4 is 33.2 Å². The van der Waals surface area contributed by atoms with E-state index in [-0.39, 0.29) is 166 Å². The number of rotatable bonds is 34. The van der Waals surface area contributed by atoms with Crippen LogP contribution >= 0.6 is 0 Å². The second-order valence-corrected chi connectivity index (χ2v) is 40.5. The number of fused-ring (bicyclic) bond motifs is 2. The first kappa shape index (κ1) is 90.6. The van der Waals surface area contributed by atoms with Gasteiger partial charge in [-0.05, 0) is 261 Å². The molecule has 728 valence electrons. The molecule has 4 saturated heterocycles. The van der Waals surface area contributed by atoms with Crippen molar-refractivity contribution in [1.82, 2.24) is 19.6 Å². The molecule has 10 aliphatic rings. The molecule has 6 amide bonds. The van der Waals surface area contributed by atoms with Crippen LogP contribution in [0, 0.1) is 0 Å². The molecule has 25 rings (SSSR count). The van der Waals surface area contributed by atoms with Gasteiger partial charge in [0.2, 0.25) is 0 Å². The van der Waals surface area contributed by atoms with E-state index in [9.17, 15) is 0 Å². The average molecular weight is 1920 g/mol. The summed E-state index contributed by atoms with van der Waals surface area (Å²) in [6.45, 7) is 2.82. The van der Waals surface area contributed by atoms with E-state index in [1.807, 2.05) is 88.7 Å². The fourth-order valence-electron chi connectivity index (χ4n) is 23.4. The fourth-order valence-corrected chi connectivity index (χ4v) is 23.4. The van der Waals surface area contributed by atoms with E-state index >= 15 is 28.8 Å². The Kier molecular flexibility index (Phi) is 24.5. The number of ether oxygens (including phenoxy) is 11. The summed E-state index contributed by atoms with van der Waals surface area (Å²) in [5.41, 5.74) is 6.31. The van der Waals surface area contributed by atoms with Gasteiger partial charge >= 0.3 is 0 Å². The van der Waals surface area contributed by atoms with Crippen LogP contribution in [0.5, 0.6) is 80.5 Å². The van der Waals surface area contributed by atoms with Gasteiger partial charge in [0.1, 0.15) is 92.0 Å². The van der Waals surface area contributed by atoms with Crippen molar-refractivity contribution in [3.63, 3.8) is 0 Å². The predicted octanol–water partition coefficient (Wildman–Crippen LogP) is 26.5. The molecular weight excluding hydrogens is 1810 g/mol. The Labute approximate surface area is 833 Å². The number of benzene rings is 13. The van der Waals surface area contributed by atoms with E-state index in [2.05, 4.69) is 42.5 Å². The van der Waals surface area contributed by atoms with Crippen molar-refractivity contribution >= 4 is 78.5 Å². The van der Waals surface area contributed by atoms with Crippen molar-refractivity contribution in [3.05, 3.63) is 322 Å². The monoisotopic (exact) mass is 1920 g/mol. The van der Waals surface area contributed by atoms with Crippen LogP contribution in [-0.4, -0.2) is 130 Å². The second-order valence-electron chi connectivity index (χ2n) is 40.5. The van der Waals surface area contributed by atoms with Gasteiger partial charge in [0, 0.05) is 92.9 Å². The Balaban J connectivity index is 0.747. The Bertz CT molecular complexity index is 6580. The molecule has 6 aliphatic heterocycles. The number of carbonyl (C=O) groups is 6. The molecule has 0 spiro atoms. The first-order valence-electron chi connectivity index (χ1n) is 51.5. The van der Waals surface area contributed by atoms with Gasteiger partial charge in [-0.15, -0.1) is 0 Å². The molecule has 6 atom stereocenters. The zero-order valence-corrected chi connectivity index (χ0v) is 80.1. The SMILES string of the molecule is O=C1c2cc(Oc3ccc(Cc4cccc(CC5CO5)c4)cc3)c3c4c(Oc5ccc(Oc6cccc(CC7CO7)c6)cc5)cc5c6c(cc(Oc7ccc(Oc8cccc(CC9CO9)c8)cc7)c(c7c(Oc8ccc(Oc9cccc(CC%10CO%10)c9)cc8)cc(c2c37)C(=O)N1C(C(=O)N(C1CCCCC1)C1CCCCC1)c1ccco1)c64)C(=O)N(C(C(=O)N(C1CCCCC1)C1CCCCC1)c1ccco1)C5=O.